The Morgan fingerprint density at radius 2 is 0.424 bits per heavy atom. The number of hydrogen-bond donors (Lipinski definition) is 3. The maximum atomic E-state index is 13.1. The Hall–Kier alpha value is -1.94. The second-order valence-corrected chi connectivity index (χ2v) is 33.6. The third-order valence-corrected chi connectivity index (χ3v) is 20.5. The molecule has 0 saturated heterocycles. The number of aliphatic hydroxyl groups is 1. The molecule has 0 rings (SSSR count). The Morgan fingerprint density at radius 1 is 0.253 bits per heavy atom. The molecule has 0 spiro atoms. The van der Waals surface area contributed by atoms with Gasteiger partial charge in [0, 0.05) is 25.7 Å². The van der Waals surface area contributed by atoms with Crippen molar-refractivity contribution in [2.75, 3.05) is 39.6 Å². The van der Waals surface area contributed by atoms with Crippen LogP contribution in [0.4, 0.5) is 0 Å². The van der Waals surface area contributed by atoms with Crippen LogP contribution in [0.2, 0.25) is 0 Å². The molecule has 0 aliphatic carbocycles. The van der Waals surface area contributed by atoms with Crippen LogP contribution >= 0.6 is 15.6 Å². The molecule has 0 fully saturated rings. The van der Waals surface area contributed by atoms with E-state index in [-0.39, 0.29) is 25.7 Å². The molecular formula is C80H156O17P2. The first-order valence-corrected chi connectivity index (χ1v) is 44.2. The van der Waals surface area contributed by atoms with E-state index in [4.69, 9.17) is 37.0 Å². The van der Waals surface area contributed by atoms with Gasteiger partial charge in [-0.2, -0.15) is 0 Å². The Morgan fingerprint density at radius 3 is 0.626 bits per heavy atom. The van der Waals surface area contributed by atoms with E-state index in [1.54, 1.807) is 0 Å². The maximum Gasteiger partial charge on any atom is 0.472 e. The number of esters is 4. The number of unbranched alkanes of at least 4 members (excludes halogenated alkanes) is 43. The molecule has 0 saturated carbocycles. The Balaban J connectivity index is 5.20. The smallest absolute Gasteiger partial charge is 0.462 e. The zero-order valence-corrected chi connectivity index (χ0v) is 66.9. The lowest BCUT2D eigenvalue weighted by Gasteiger charge is -2.21. The summed E-state index contributed by atoms with van der Waals surface area (Å²) in [5.41, 5.74) is 0. The zero-order valence-electron chi connectivity index (χ0n) is 65.1. The highest BCUT2D eigenvalue weighted by Gasteiger charge is 2.30. The minimum absolute atomic E-state index is 0.106. The number of aliphatic hydroxyl groups excluding tert-OH is 1. The molecule has 0 aromatic carbocycles. The summed E-state index contributed by atoms with van der Waals surface area (Å²) in [6.45, 7) is 14.2. The summed E-state index contributed by atoms with van der Waals surface area (Å²) in [6, 6.07) is 0. The van der Waals surface area contributed by atoms with E-state index in [1.165, 1.54) is 205 Å². The lowest BCUT2D eigenvalue weighted by Crippen LogP contribution is -2.30. The highest BCUT2D eigenvalue weighted by Crippen LogP contribution is 2.45. The van der Waals surface area contributed by atoms with Crippen molar-refractivity contribution >= 4 is 39.5 Å². The van der Waals surface area contributed by atoms with Crippen LogP contribution in [0.25, 0.3) is 0 Å². The summed E-state index contributed by atoms with van der Waals surface area (Å²) in [5.74, 6) is 0.927. The standard InChI is InChI=1S/C80H156O17P2/c1-70(2)56-48-40-32-26-20-16-13-11-9-10-12-14-18-22-30-36-46-54-62-79(84)96-75(66-90-77(82)60-52-44-35-29-25-24-28-34-42-50-58-72(5)6)68-94-98(86,87)92-64-74(81)65-93-99(88,89)95-69-76(67-91-78(83)61-53-45-39-38-43-51-59-73(7)8)97-80(85)63-55-47-37-31-23-19-15-17-21-27-33-41-49-57-71(3)4/h70-76,81H,9-69H2,1-8H3,(H,86,87)(H,88,89)/t74-,75-,76-/m1/s1. The fourth-order valence-corrected chi connectivity index (χ4v) is 13.8. The second-order valence-electron chi connectivity index (χ2n) is 30.7. The first kappa shape index (κ1) is 97.1. The van der Waals surface area contributed by atoms with Gasteiger partial charge in [0.1, 0.15) is 19.3 Å². The van der Waals surface area contributed by atoms with E-state index < -0.39 is 97.5 Å². The molecule has 5 atom stereocenters. The highest BCUT2D eigenvalue weighted by atomic mass is 31.2. The molecule has 0 aliphatic rings. The van der Waals surface area contributed by atoms with Crippen molar-refractivity contribution in [2.45, 2.75) is 427 Å². The number of hydrogen-bond acceptors (Lipinski definition) is 15. The topological polar surface area (TPSA) is 237 Å². The van der Waals surface area contributed by atoms with E-state index in [0.29, 0.717) is 31.6 Å². The Labute approximate surface area is 607 Å². The average molecular weight is 1450 g/mol. The second kappa shape index (κ2) is 69.1. The van der Waals surface area contributed by atoms with Gasteiger partial charge in [-0.3, -0.25) is 37.3 Å². The quantitative estimate of drug-likeness (QED) is 0.0222. The molecule has 0 aromatic rings. The largest absolute Gasteiger partial charge is 0.472 e. The monoisotopic (exact) mass is 1450 g/mol. The van der Waals surface area contributed by atoms with Gasteiger partial charge in [-0.05, 0) is 49.4 Å². The van der Waals surface area contributed by atoms with E-state index in [2.05, 4.69) is 55.4 Å². The van der Waals surface area contributed by atoms with Crippen LogP contribution in [0.1, 0.15) is 409 Å². The van der Waals surface area contributed by atoms with Crippen molar-refractivity contribution in [3.8, 4) is 0 Å². The van der Waals surface area contributed by atoms with Crippen LogP contribution in [0.15, 0.2) is 0 Å². The summed E-state index contributed by atoms with van der Waals surface area (Å²) < 4.78 is 68.6. The first-order chi connectivity index (χ1) is 47.6. The van der Waals surface area contributed by atoms with Gasteiger partial charge in [0.25, 0.3) is 0 Å². The molecule has 0 aliphatic heterocycles. The van der Waals surface area contributed by atoms with Gasteiger partial charge in [-0.1, -0.05) is 357 Å². The molecule has 2 unspecified atom stereocenters. The molecule has 0 radical (unpaired) electrons. The lowest BCUT2D eigenvalue weighted by molar-refractivity contribution is -0.161. The van der Waals surface area contributed by atoms with Crippen LogP contribution in [-0.2, 0) is 65.4 Å². The van der Waals surface area contributed by atoms with Crippen molar-refractivity contribution in [3.05, 3.63) is 0 Å². The number of phosphoric ester groups is 2. The normalized spacial score (nSPS) is 14.1. The van der Waals surface area contributed by atoms with Gasteiger partial charge in [-0.25, -0.2) is 9.13 Å². The summed E-state index contributed by atoms with van der Waals surface area (Å²) in [5, 5.41) is 10.6. The van der Waals surface area contributed by atoms with Gasteiger partial charge in [0.15, 0.2) is 12.2 Å². The minimum Gasteiger partial charge on any atom is -0.462 e. The van der Waals surface area contributed by atoms with Crippen molar-refractivity contribution in [1.29, 1.82) is 0 Å². The molecule has 3 N–H and O–H groups in total. The molecule has 99 heavy (non-hydrogen) atoms. The van der Waals surface area contributed by atoms with Gasteiger partial charge in [-0.15, -0.1) is 0 Å². The summed E-state index contributed by atoms with van der Waals surface area (Å²) in [7, 11) is -9.92. The first-order valence-electron chi connectivity index (χ1n) is 41.2. The molecule has 588 valence electrons. The Bertz CT molecular complexity index is 1940. The molecule has 0 amide bonds. The van der Waals surface area contributed by atoms with E-state index in [1.807, 2.05) is 0 Å². The van der Waals surface area contributed by atoms with Gasteiger partial charge in [0.2, 0.25) is 0 Å². The van der Waals surface area contributed by atoms with Crippen LogP contribution in [0, 0.1) is 23.7 Å². The van der Waals surface area contributed by atoms with Crippen molar-refractivity contribution in [2.24, 2.45) is 23.7 Å². The van der Waals surface area contributed by atoms with Crippen LogP contribution < -0.4 is 0 Å². The predicted octanol–water partition coefficient (Wildman–Crippen LogP) is 23.6. The fourth-order valence-electron chi connectivity index (χ4n) is 12.3. The van der Waals surface area contributed by atoms with E-state index >= 15 is 0 Å². The lowest BCUT2D eigenvalue weighted by atomic mass is 10.0. The number of carbonyl (C=O) groups is 4. The average Bonchev–Trinajstić information content (AvgIpc) is 1.01. The SMILES string of the molecule is CC(C)CCCCCCCCCCCCCCCCCCCCC(=O)O[C@H](COC(=O)CCCCCCCCCCCCC(C)C)COP(=O)(O)OC[C@@H](O)COP(=O)(O)OC[C@@H](COC(=O)CCCCCCCCC(C)C)OC(=O)CCCCCCCCCCCCCCCC(C)C. The summed E-state index contributed by atoms with van der Waals surface area (Å²) in [6.07, 6.45) is 55.7. The summed E-state index contributed by atoms with van der Waals surface area (Å²) in [4.78, 5) is 72.9. The van der Waals surface area contributed by atoms with E-state index in [0.717, 1.165) is 114 Å². The summed E-state index contributed by atoms with van der Waals surface area (Å²) >= 11 is 0. The third kappa shape index (κ3) is 74.1. The zero-order chi connectivity index (χ0) is 73.1. The van der Waals surface area contributed by atoms with Gasteiger partial charge in [0.05, 0.1) is 26.4 Å². The number of carbonyl (C=O) groups excluding carboxylic acids is 4. The number of ether oxygens (including phenoxy) is 4. The van der Waals surface area contributed by atoms with Gasteiger partial charge >= 0.3 is 39.5 Å². The fraction of sp³-hybridized carbons (Fsp3) is 0.950. The van der Waals surface area contributed by atoms with Crippen LogP contribution in [0.5, 0.6) is 0 Å². The van der Waals surface area contributed by atoms with Crippen LogP contribution in [-0.4, -0.2) is 96.7 Å². The number of phosphoric acid groups is 2. The Kier molecular flexibility index (Phi) is 67.8. The maximum absolute atomic E-state index is 13.1. The molecular weight excluding hydrogens is 1290 g/mol. The molecule has 17 nitrogen and oxygen atoms in total. The van der Waals surface area contributed by atoms with Gasteiger partial charge < -0.3 is 33.8 Å². The van der Waals surface area contributed by atoms with E-state index in [9.17, 15) is 43.2 Å². The molecule has 0 bridgehead atoms. The highest BCUT2D eigenvalue weighted by molar-refractivity contribution is 7.47. The molecule has 19 heteroatoms. The number of rotatable bonds is 77. The van der Waals surface area contributed by atoms with Crippen LogP contribution in [0.3, 0.4) is 0 Å². The van der Waals surface area contributed by atoms with Crippen molar-refractivity contribution < 1.29 is 80.2 Å². The molecule has 0 heterocycles. The minimum atomic E-state index is -4.96. The van der Waals surface area contributed by atoms with Crippen molar-refractivity contribution in [3.63, 3.8) is 0 Å². The predicted molar refractivity (Wildman–Crippen MR) is 404 cm³/mol. The molecule has 0 aromatic heterocycles. The third-order valence-electron chi connectivity index (χ3n) is 18.6. The van der Waals surface area contributed by atoms with Crippen molar-refractivity contribution in [1.82, 2.24) is 0 Å².